The molecule has 1 aromatic carbocycles. The van der Waals surface area contributed by atoms with Crippen LogP contribution in [0.15, 0.2) is 41.5 Å². The molecule has 0 aliphatic carbocycles. The van der Waals surface area contributed by atoms with Gasteiger partial charge in [0.1, 0.15) is 17.2 Å². The van der Waals surface area contributed by atoms with E-state index in [2.05, 4.69) is 49.9 Å². The highest BCUT2D eigenvalue weighted by molar-refractivity contribution is 5.92. The lowest BCUT2D eigenvalue weighted by Gasteiger charge is -2.48. The van der Waals surface area contributed by atoms with Gasteiger partial charge in [-0.05, 0) is 30.8 Å². The second-order valence-corrected chi connectivity index (χ2v) is 8.79. The van der Waals surface area contributed by atoms with Crippen LogP contribution >= 0.6 is 0 Å². The molecule has 0 amide bonds. The van der Waals surface area contributed by atoms with Gasteiger partial charge in [-0.25, -0.2) is 19.9 Å². The molecule has 3 aliphatic heterocycles. The van der Waals surface area contributed by atoms with Gasteiger partial charge in [0.2, 0.25) is 0 Å². The number of pyridine rings is 1. The molecule has 8 nitrogen and oxygen atoms in total. The zero-order chi connectivity index (χ0) is 20.9. The smallest absolute Gasteiger partial charge is 0.180 e. The van der Waals surface area contributed by atoms with Crippen LogP contribution in [0.25, 0.3) is 22.4 Å². The van der Waals surface area contributed by atoms with Gasteiger partial charge >= 0.3 is 0 Å². The molecular formula is C23H26N8. The van der Waals surface area contributed by atoms with Crippen LogP contribution in [0.2, 0.25) is 0 Å². The van der Waals surface area contributed by atoms with Gasteiger partial charge < -0.3 is 15.5 Å². The Balaban J connectivity index is 1.22. The average molecular weight is 415 g/mol. The summed E-state index contributed by atoms with van der Waals surface area (Å²) in [6, 6.07) is 10.8. The molecule has 0 atom stereocenters. The molecule has 158 valence electrons. The first kappa shape index (κ1) is 18.7. The van der Waals surface area contributed by atoms with E-state index >= 15 is 0 Å². The second kappa shape index (κ2) is 7.25. The Morgan fingerprint density at radius 2 is 1.84 bits per heavy atom. The van der Waals surface area contributed by atoms with Crippen LogP contribution in [0, 0.1) is 0 Å². The number of amidine groups is 1. The standard InChI is InChI=1S/C23H26N8/c1-29-6-8-30(9-7-29)17-13-31(14-17)22-12-25-19-5-4-18(27-23(19)28-22)15-2-3-16-11-21(24)26-20(16)10-15/h2-5,10,12,17H,6-9,11,13-14H2,1H3,(H2,24,26). The van der Waals surface area contributed by atoms with Crippen LogP contribution in [0.1, 0.15) is 5.56 Å². The van der Waals surface area contributed by atoms with Crippen molar-refractivity contribution < 1.29 is 0 Å². The third kappa shape index (κ3) is 3.41. The zero-order valence-electron chi connectivity index (χ0n) is 17.7. The summed E-state index contributed by atoms with van der Waals surface area (Å²) in [7, 11) is 2.20. The van der Waals surface area contributed by atoms with Crippen LogP contribution < -0.4 is 10.6 Å². The summed E-state index contributed by atoms with van der Waals surface area (Å²) >= 11 is 0. The van der Waals surface area contributed by atoms with Gasteiger partial charge in [-0.2, -0.15) is 0 Å². The summed E-state index contributed by atoms with van der Waals surface area (Å²) in [6.45, 7) is 6.63. The van der Waals surface area contributed by atoms with Gasteiger partial charge in [0.05, 0.1) is 17.6 Å². The molecule has 31 heavy (non-hydrogen) atoms. The van der Waals surface area contributed by atoms with Crippen molar-refractivity contribution in [3.05, 3.63) is 42.1 Å². The van der Waals surface area contributed by atoms with Crippen molar-refractivity contribution in [3.63, 3.8) is 0 Å². The first-order valence-electron chi connectivity index (χ1n) is 10.9. The fourth-order valence-corrected chi connectivity index (χ4v) is 4.63. The highest BCUT2D eigenvalue weighted by atomic mass is 15.4. The third-order valence-electron chi connectivity index (χ3n) is 6.65. The van der Waals surface area contributed by atoms with Gasteiger partial charge in [-0.1, -0.05) is 12.1 Å². The van der Waals surface area contributed by atoms with Crippen molar-refractivity contribution in [2.45, 2.75) is 12.5 Å². The minimum Gasteiger partial charge on any atom is -0.387 e. The number of hydrogen-bond acceptors (Lipinski definition) is 8. The molecule has 2 aromatic heterocycles. The number of aliphatic imine (C=N–C) groups is 1. The van der Waals surface area contributed by atoms with E-state index < -0.39 is 0 Å². The molecule has 0 saturated carbocycles. The number of nitrogens with zero attached hydrogens (tertiary/aromatic N) is 7. The molecule has 2 saturated heterocycles. The number of anilines is 1. The minimum absolute atomic E-state index is 0.616. The van der Waals surface area contributed by atoms with Crippen LogP contribution in [0.5, 0.6) is 0 Å². The molecule has 2 N–H and O–H groups in total. The van der Waals surface area contributed by atoms with Gasteiger partial charge in [-0.15, -0.1) is 0 Å². The van der Waals surface area contributed by atoms with E-state index in [0.29, 0.717) is 17.5 Å². The monoisotopic (exact) mass is 414 g/mol. The number of aromatic nitrogens is 3. The summed E-state index contributed by atoms with van der Waals surface area (Å²) in [5, 5.41) is 0. The molecule has 8 heteroatoms. The molecule has 5 heterocycles. The van der Waals surface area contributed by atoms with Gasteiger partial charge in [0, 0.05) is 57.3 Å². The largest absolute Gasteiger partial charge is 0.387 e. The van der Waals surface area contributed by atoms with Crippen molar-refractivity contribution in [1.82, 2.24) is 24.8 Å². The van der Waals surface area contributed by atoms with Gasteiger partial charge in [0.25, 0.3) is 0 Å². The second-order valence-electron chi connectivity index (χ2n) is 8.79. The van der Waals surface area contributed by atoms with E-state index in [1.807, 2.05) is 18.3 Å². The lowest BCUT2D eigenvalue weighted by Crippen LogP contribution is -2.63. The molecule has 0 bridgehead atoms. The van der Waals surface area contributed by atoms with Crippen molar-refractivity contribution in [2.75, 3.05) is 51.2 Å². The summed E-state index contributed by atoms with van der Waals surface area (Å²) < 4.78 is 0. The predicted octanol–water partition coefficient (Wildman–Crippen LogP) is 1.67. The minimum atomic E-state index is 0.616. The highest BCUT2D eigenvalue weighted by Gasteiger charge is 2.34. The Morgan fingerprint density at radius 1 is 1.00 bits per heavy atom. The normalized spacial score (nSPS) is 20.0. The van der Waals surface area contributed by atoms with Gasteiger partial charge in [-0.3, -0.25) is 4.90 Å². The number of benzene rings is 1. The Hall–Kier alpha value is -3.10. The SMILES string of the molecule is CN1CCN(C2CN(c3cnc4ccc(-c5ccc6c(c5)N=C(N)C6)nc4n3)C2)CC1. The molecule has 3 aromatic rings. The number of likely N-dealkylation sites (N-methyl/N-ethyl adjacent to an activating group) is 1. The maximum absolute atomic E-state index is 5.88. The van der Waals surface area contributed by atoms with E-state index in [4.69, 9.17) is 15.7 Å². The lowest BCUT2D eigenvalue weighted by atomic mass is 10.1. The highest BCUT2D eigenvalue weighted by Crippen LogP contribution is 2.31. The Morgan fingerprint density at radius 3 is 2.68 bits per heavy atom. The molecule has 0 spiro atoms. The van der Waals surface area contributed by atoms with Crippen molar-refractivity contribution in [3.8, 4) is 11.3 Å². The number of nitrogens with two attached hydrogens (primary N) is 1. The van der Waals surface area contributed by atoms with Crippen LogP contribution in [-0.4, -0.2) is 82.9 Å². The van der Waals surface area contributed by atoms with Crippen LogP contribution in [-0.2, 0) is 6.42 Å². The molecule has 2 fully saturated rings. The molecule has 3 aliphatic rings. The van der Waals surface area contributed by atoms with Crippen molar-refractivity contribution >= 4 is 28.5 Å². The number of fused-ring (bicyclic) bond motifs is 2. The van der Waals surface area contributed by atoms with Gasteiger partial charge in [0.15, 0.2) is 5.65 Å². The summed E-state index contributed by atoms with van der Waals surface area (Å²) in [5.41, 5.74) is 11.4. The Bertz CT molecular complexity index is 1180. The summed E-state index contributed by atoms with van der Waals surface area (Å²) in [6.07, 6.45) is 2.59. The first-order valence-corrected chi connectivity index (χ1v) is 10.9. The fourth-order valence-electron chi connectivity index (χ4n) is 4.63. The van der Waals surface area contributed by atoms with Crippen LogP contribution in [0.4, 0.5) is 11.5 Å². The number of rotatable bonds is 3. The van der Waals surface area contributed by atoms with E-state index in [1.54, 1.807) is 0 Å². The van der Waals surface area contributed by atoms with E-state index in [1.165, 1.54) is 0 Å². The topological polar surface area (TPSA) is 86.8 Å². The average Bonchev–Trinajstić information content (AvgIpc) is 3.12. The first-order chi connectivity index (χ1) is 15.1. The summed E-state index contributed by atoms with van der Waals surface area (Å²) in [4.78, 5) is 26.0. The van der Waals surface area contributed by atoms with E-state index in [0.717, 1.165) is 79.5 Å². The third-order valence-corrected chi connectivity index (χ3v) is 6.65. The molecule has 0 radical (unpaired) electrons. The zero-order valence-corrected chi connectivity index (χ0v) is 17.7. The van der Waals surface area contributed by atoms with E-state index in [-0.39, 0.29) is 0 Å². The van der Waals surface area contributed by atoms with Crippen LogP contribution in [0.3, 0.4) is 0 Å². The Labute approximate surface area is 181 Å². The fraction of sp³-hybridized carbons (Fsp3) is 0.391. The molecular weight excluding hydrogens is 388 g/mol. The van der Waals surface area contributed by atoms with Crippen molar-refractivity contribution in [1.29, 1.82) is 0 Å². The van der Waals surface area contributed by atoms with E-state index in [9.17, 15) is 0 Å². The maximum atomic E-state index is 5.88. The number of piperazine rings is 1. The predicted molar refractivity (Wildman–Crippen MR) is 123 cm³/mol. The number of hydrogen-bond donors (Lipinski definition) is 1. The molecule has 0 unspecified atom stereocenters. The quantitative estimate of drug-likeness (QED) is 0.698. The van der Waals surface area contributed by atoms with Crippen molar-refractivity contribution in [2.24, 2.45) is 10.7 Å². The summed E-state index contributed by atoms with van der Waals surface area (Å²) in [5.74, 6) is 1.58. The Kier molecular flexibility index (Phi) is 4.36. The lowest BCUT2D eigenvalue weighted by molar-refractivity contribution is 0.0961. The molecule has 6 rings (SSSR count). The maximum Gasteiger partial charge on any atom is 0.180 e.